The number of hydrogen-bond donors (Lipinski definition) is 0. The van der Waals surface area contributed by atoms with Crippen LogP contribution in [0.2, 0.25) is 0 Å². The molecule has 0 spiro atoms. The number of fused-ring (bicyclic) bond motifs is 1. The summed E-state index contributed by atoms with van der Waals surface area (Å²) in [7, 11) is 1.62. The summed E-state index contributed by atoms with van der Waals surface area (Å²) < 4.78 is 5.19. The van der Waals surface area contributed by atoms with E-state index in [1.165, 1.54) is 0 Å². The Hall–Kier alpha value is -2.94. The molecule has 0 aliphatic rings. The smallest absolute Gasteiger partial charge is 0.170 e. The number of methoxy groups -OCH3 is 1. The van der Waals surface area contributed by atoms with E-state index in [1.54, 1.807) is 37.4 Å². The Morgan fingerprint density at radius 3 is 2.17 bits per heavy atom. The minimum absolute atomic E-state index is 0.119. The minimum atomic E-state index is -0.170. The maximum absolute atomic E-state index is 12.3. The molecular formula is C20H16O3. The van der Waals surface area contributed by atoms with Crippen LogP contribution in [-0.2, 0) is 0 Å². The first-order valence-corrected chi connectivity index (χ1v) is 7.36. The zero-order chi connectivity index (χ0) is 16.2. The molecule has 0 fully saturated rings. The Morgan fingerprint density at radius 1 is 0.783 bits per heavy atom. The largest absolute Gasteiger partial charge is 0.497 e. The molecular weight excluding hydrogens is 288 g/mol. The van der Waals surface area contributed by atoms with Crippen molar-refractivity contribution < 1.29 is 14.3 Å². The lowest BCUT2D eigenvalue weighted by atomic mass is 9.99. The molecule has 0 N–H and O–H groups in total. The van der Waals surface area contributed by atoms with Gasteiger partial charge < -0.3 is 4.74 Å². The van der Waals surface area contributed by atoms with E-state index in [9.17, 15) is 9.59 Å². The summed E-state index contributed by atoms with van der Waals surface area (Å²) in [5, 5.41) is 1.94. The monoisotopic (exact) mass is 304 g/mol. The summed E-state index contributed by atoms with van der Waals surface area (Å²) in [6.07, 6.45) is -0.119. The van der Waals surface area contributed by atoms with Crippen LogP contribution in [0.1, 0.15) is 27.1 Å². The lowest BCUT2D eigenvalue weighted by Crippen LogP contribution is -2.08. The maximum atomic E-state index is 12.3. The van der Waals surface area contributed by atoms with Crippen molar-refractivity contribution in [2.75, 3.05) is 7.11 Å². The molecule has 0 aliphatic carbocycles. The molecule has 0 bridgehead atoms. The average Bonchev–Trinajstić information content (AvgIpc) is 2.61. The number of carbonyl (C=O) groups excluding carboxylic acids is 2. The first-order chi connectivity index (χ1) is 11.2. The van der Waals surface area contributed by atoms with Gasteiger partial charge in [0, 0.05) is 11.1 Å². The van der Waals surface area contributed by atoms with Crippen molar-refractivity contribution >= 4 is 22.3 Å². The Labute approximate surface area is 134 Å². The van der Waals surface area contributed by atoms with E-state index in [4.69, 9.17) is 4.74 Å². The molecule has 0 aromatic heterocycles. The summed E-state index contributed by atoms with van der Waals surface area (Å²) in [6, 6.07) is 20.0. The van der Waals surface area contributed by atoms with Crippen molar-refractivity contribution in [2.45, 2.75) is 6.42 Å². The molecule has 114 valence electrons. The fourth-order valence-electron chi connectivity index (χ4n) is 2.50. The van der Waals surface area contributed by atoms with E-state index < -0.39 is 0 Å². The van der Waals surface area contributed by atoms with Gasteiger partial charge in [0.1, 0.15) is 5.75 Å². The van der Waals surface area contributed by atoms with Crippen LogP contribution in [0.5, 0.6) is 5.75 Å². The lowest BCUT2D eigenvalue weighted by Gasteiger charge is -2.05. The van der Waals surface area contributed by atoms with Crippen molar-refractivity contribution in [2.24, 2.45) is 0 Å². The van der Waals surface area contributed by atoms with Gasteiger partial charge in [-0.05, 0) is 29.0 Å². The minimum Gasteiger partial charge on any atom is -0.497 e. The molecule has 0 radical (unpaired) electrons. The van der Waals surface area contributed by atoms with Crippen LogP contribution in [-0.4, -0.2) is 18.7 Å². The van der Waals surface area contributed by atoms with Crippen molar-refractivity contribution in [3.63, 3.8) is 0 Å². The van der Waals surface area contributed by atoms with Crippen molar-refractivity contribution in [1.29, 1.82) is 0 Å². The third kappa shape index (κ3) is 3.29. The van der Waals surface area contributed by atoms with Crippen LogP contribution >= 0.6 is 0 Å². The van der Waals surface area contributed by atoms with Crippen molar-refractivity contribution in [3.05, 3.63) is 77.9 Å². The highest BCUT2D eigenvalue weighted by atomic mass is 16.5. The molecule has 0 saturated heterocycles. The van der Waals surface area contributed by atoms with Gasteiger partial charge in [0.25, 0.3) is 0 Å². The van der Waals surface area contributed by atoms with E-state index in [2.05, 4.69) is 0 Å². The first-order valence-electron chi connectivity index (χ1n) is 7.36. The zero-order valence-corrected chi connectivity index (χ0v) is 12.8. The Kier molecular flexibility index (Phi) is 4.20. The predicted octanol–water partition coefficient (Wildman–Crippen LogP) is 4.30. The maximum Gasteiger partial charge on any atom is 0.170 e. The number of ketones is 2. The van der Waals surface area contributed by atoms with Gasteiger partial charge in [0.05, 0.1) is 13.5 Å². The molecule has 3 aromatic carbocycles. The van der Waals surface area contributed by atoms with Gasteiger partial charge in [-0.15, -0.1) is 0 Å². The molecule has 23 heavy (non-hydrogen) atoms. The molecule has 0 aliphatic heterocycles. The molecule has 0 amide bonds. The highest BCUT2D eigenvalue weighted by Crippen LogP contribution is 2.22. The number of Topliss-reactive ketones (excluding diaryl/α,β-unsaturated/α-hetero) is 2. The van der Waals surface area contributed by atoms with Crippen LogP contribution in [0.25, 0.3) is 10.8 Å². The van der Waals surface area contributed by atoms with Crippen LogP contribution in [0, 0.1) is 0 Å². The Balaban J connectivity index is 1.82. The Morgan fingerprint density at radius 2 is 1.43 bits per heavy atom. The summed E-state index contributed by atoms with van der Waals surface area (Å²) in [6.45, 7) is 0. The van der Waals surface area contributed by atoms with Crippen LogP contribution in [0.4, 0.5) is 0 Å². The second-order valence-corrected chi connectivity index (χ2v) is 5.32. The fraction of sp³-hybridized carbons (Fsp3) is 0.100. The van der Waals surface area contributed by atoms with Crippen LogP contribution in [0.3, 0.4) is 0 Å². The van der Waals surface area contributed by atoms with E-state index in [0.717, 1.165) is 16.5 Å². The molecule has 0 heterocycles. The quantitative estimate of drug-likeness (QED) is 0.521. The van der Waals surface area contributed by atoms with Gasteiger partial charge in [0.15, 0.2) is 11.6 Å². The molecule has 3 nitrogen and oxygen atoms in total. The number of benzene rings is 3. The predicted molar refractivity (Wildman–Crippen MR) is 90.2 cm³/mol. The Bertz CT molecular complexity index is 866. The van der Waals surface area contributed by atoms with Gasteiger partial charge in [-0.3, -0.25) is 9.59 Å². The third-order valence-electron chi connectivity index (χ3n) is 3.79. The topological polar surface area (TPSA) is 43.4 Å². The zero-order valence-electron chi connectivity index (χ0n) is 12.8. The van der Waals surface area contributed by atoms with Crippen molar-refractivity contribution in [3.8, 4) is 5.75 Å². The molecule has 0 atom stereocenters. The second kappa shape index (κ2) is 6.44. The summed E-state index contributed by atoms with van der Waals surface area (Å²) in [4.78, 5) is 24.5. The van der Waals surface area contributed by atoms with Crippen molar-refractivity contribution in [1.82, 2.24) is 0 Å². The van der Waals surface area contributed by atoms with Crippen LogP contribution < -0.4 is 4.74 Å². The number of rotatable bonds is 5. The van der Waals surface area contributed by atoms with Gasteiger partial charge in [0.2, 0.25) is 0 Å². The van der Waals surface area contributed by atoms with E-state index in [1.807, 2.05) is 36.4 Å². The number of carbonyl (C=O) groups is 2. The highest BCUT2D eigenvalue weighted by Gasteiger charge is 2.14. The third-order valence-corrected chi connectivity index (χ3v) is 3.79. The molecule has 0 unspecified atom stereocenters. The van der Waals surface area contributed by atoms with E-state index >= 15 is 0 Å². The number of hydrogen-bond acceptors (Lipinski definition) is 3. The fourth-order valence-corrected chi connectivity index (χ4v) is 2.50. The van der Waals surface area contributed by atoms with E-state index in [-0.39, 0.29) is 18.0 Å². The van der Waals surface area contributed by atoms with Crippen LogP contribution in [0.15, 0.2) is 66.7 Å². The molecule has 3 aromatic rings. The number of ether oxygens (including phenoxy) is 1. The van der Waals surface area contributed by atoms with Gasteiger partial charge in [-0.2, -0.15) is 0 Å². The van der Waals surface area contributed by atoms with Gasteiger partial charge in [-0.25, -0.2) is 0 Å². The van der Waals surface area contributed by atoms with Gasteiger partial charge >= 0.3 is 0 Å². The molecule has 3 rings (SSSR count). The first kappa shape index (κ1) is 15.0. The van der Waals surface area contributed by atoms with E-state index in [0.29, 0.717) is 11.1 Å². The summed E-state index contributed by atoms with van der Waals surface area (Å²) in [5.41, 5.74) is 1.11. The average molecular weight is 304 g/mol. The normalized spacial score (nSPS) is 10.5. The second-order valence-electron chi connectivity index (χ2n) is 5.32. The molecule has 0 saturated carbocycles. The van der Waals surface area contributed by atoms with Gasteiger partial charge in [-0.1, -0.05) is 48.5 Å². The molecule has 3 heteroatoms. The lowest BCUT2D eigenvalue weighted by molar-refractivity contribution is 0.0894. The summed E-state index contributed by atoms with van der Waals surface area (Å²) in [5.74, 6) is 0.442. The highest BCUT2D eigenvalue weighted by molar-refractivity contribution is 6.14. The summed E-state index contributed by atoms with van der Waals surface area (Å²) >= 11 is 0. The standard InChI is InChI=1S/C20H16O3/c1-23-18-10-9-15-11-17(8-7-16(15)12-18)20(22)13-19(21)14-5-3-2-4-6-14/h2-12H,13H2,1H3. The SMILES string of the molecule is COc1ccc2cc(C(=O)CC(=O)c3ccccc3)ccc2c1.